The second-order valence-electron chi connectivity index (χ2n) is 7.07. The van der Waals surface area contributed by atoms with Crippen LogP contribution in [0.15, 0.2) is 30.3 Å². The zero-order valence-electron chi connectivity index (χ0n) is 16.8. The van der Waals surface area contributed by atoms with E-state index in [1.165, 1.54) is 0 Å². The summed E-state index contributed by atoms with van der Waals surface area (Å²) in [4.78, 5) is 16.2. The number of aryl methyl sites for hydroxylation is 1. The molecule has 146 valence electrons. The second kappa shape index (κ2) is 8.90. The molecule has 1 aromatic heterocycles. The van der Waals surface area contributed by atoms with E-state index in [0.29, 0.717) is 0 Å². The Hall–Kier alpha value is -2.54. The number of likely N-dealkylation sites (N-methyl/N-ethyl adjacent to an activating group) is 1. The molecular formula is C20H30N6O. The Bertz CT molecular complexity index is 743. The number of nitrogens with zero attached hydrogens (tertiary/aromatic N) is 5. The van der Waals surface area contributed by atoms with Crippen LogP contribution in [0, 0.1) is 6.92 Å². The maximum absolute atomic E-state index is 5.50. The van der Waals surface area contributed by atoms with Crippen molar-refractivity contribution in [3.63, 3.8) is 0 Å². The van der Waals surface area contributed by atoms with Gasteiger partial charge in [0.05, 0.1) is 12.8 Å². The first kappa shape index (κ1) is 19.2. The Labute approximate surface area is 162 Å². The molecule has 3 rings (SSSR count). The maximum Gasteiger partial charge on any atom is 0.227 e. The average molecular weight is 371 g/mol. The number of benzene rings is 1. The first-order valence-electron chi connectivity index (χ1n) is 9.44. The molecule has 1 aliphatic heterocycles. The van der Waals surface area contributed by atoms with Gasteiger partial charge >= 0.3 is 0 Å². The van der Waals surface area contributed by atoms with Gasteiger partial charge < -0.3 is 24.8 Å². The van der Waals surface area contributed by atoms with Crippen LogP contribution in [0.5, 0.6) is 5.75 Å². The summed E-state index contributed by atoms with van der Waals surface area (Å²) in [5.41, 5.74) is 2.13. The molecule has 27 heavy (non-hydrogen) atoms. The molecule has 0 aliphatic carbocycles. The van der Waals surface area contributed by atoms with Crippen LogP contribution in [0.4, 0.5) is 17.5 Å². The van der Waals surface area contributed by atoms with Gasteiger partial charge in [0.1, 0.15) is 11.6 Å². The lowest BCUT2D eigenvalue weighted by Gasteiger charge is -2.36. The fourth-order valence-corrected chi connectivity index (χ4v) is 3.23. The molecule has 0 radical (unpaired) electrons. The number of ether oxygens (including phenoxy) is 1. The predicted octanol–water partition coefficient (Wildman–Crippen LogP) is 2.09. The van der Waals surface area contributed by atoms with Gasteiger partial charge in [-0.3, -0.25) is 0 Å². The molecule has 0 bridgehead atoms. The Balaban J connectivity index is 1.64. The van der Waals surface area contributed by atoms with Crippen molar-refractivity contribution in [2.45, 2.75) is 6.92 Å². The largest absolute Gasteiger partial charge is 0.495 e. The van der Waals surface area contributed by atoms with E-state index in [4.69, 9.17) is 9.72 Å². The molecule has 0 unspecified atom stereocenters. The third-order valence-corrected chi connectivity index (χ3v) is 4.70. The summed E-state index contributed by atoms with van der Waals surface area (Å²) in [6.07, 6.45) is 0. The van der Waals surface area contributed by atoms with E-state index in [1.54, 1.807) is 7.11 Å². The molecule has 1 N–H and O–H groups in total. The van der Waals surface area contributed by atoms with E-state index >= 15 is 0 Å². The van der Waals surface area contributed by atoms with Crippen molar-refractivity contribution in [2.24, 2.45) is 0 Å². The highest BCUT2D eigenvalue weighted by molar-refractivity contribution is 5.59. The van der Waals surface area contributed by atoms with E-state index in [0.717, 1.165) is 68.2 Å². The molecule has 1 aliphatic rings. The molecule has 1 fully saturated rings. The summed E-state index contributed by atoms with van der Waals surface area (Å²) in [6, 6.07) is 10.2. The van der Waals surface area contributed by atoms with Crippen LogP contribution in [0.2, 0.25) is 0 Å². The van der Waals surface area contributed by atoms with E-state index in [2.05, 4.69) is 51.2 Å². The topological polar surface area (TPSA) is 56.8 Å². The van der Waals surface area contributed by atoms with Crippen molar-refractivity contribution in [2.75, 3.05) is 75.6 Å². The van der Waals surface area contributed by atoms with Gasteiger partial charge in [-0.15, -0.1) is 0 Å². The standard InChI is InChI=1S/C20H30N6O/c1-16-15-19(21-9-10-24(2)3)23-20(22-16)26-13-11-25(12-14-26)17-7-5-6-8-18(17)27-4/h5-8,15H,9-14H2,1-4H3,(H,21,22,23). The summed E-state index contributed by atoms with van der Waals surface area (Å²) in [5, 5.41) is 3.40. The lowest BCUT2D eigenvalue weighted by Crippen LogP contribution is -2.47. The van der Waals surface area contributed by atoms with E-state index < -0.39 is 0 Å². The summed E-state index contributed by atoms with van der Waals surface area (Å²) < 4.78 is 5.50. The SMILES string of the molecule is COc1ccccc1N1CCN(c2nc(C)cc(NCCN(C)C)n2)CC1. The number of hydrogen-bond acceptors (Lipinski definition) is 7. The molecule has 0 saturated carbocycles. The predicted molar refractivity (Wildman–Crippen MR) is 111 cm³/mol. The van der Waals surface area contributed by atoms with Gasteiger partial charge in [0.25, 0.3) is 0 Å². The number of nitrogens with one attached hydrogen (secondary N) is 1. The van der Waals surface area contributed by atoms with Crippen LogP contribution in [-0.4, -0.2) is 75.3 Å². The van der Waals surface area contributed by atoms with Gasteiger partial charge in [0.2, 0.25) is 5.95 Å². The van der Waals surface area contributed by atoms with Gasteiger partial charge in [0, 0.05) is 51.0 Å². The number of piperazine rings is 1. The molecule has 0 amide bonds. The second-order valence-corrected chi connectivity index (χ2v) is 7.07. The smallest absolute Gasteiger partial charge is 0.227 e. The summed E-state index contributed by atoms with van der Waals surface area (Å²) in [7, 11) is 5.86. The number of rotatable bonds is 7. The normalized spacial score (nSPS) is 14.6. The Morgan fingerprint density at radius 3 is 2.48 bits per heavy atom. The zero-order valence-corrected chi connectivity index (χ0v) is 16.8. The highest BCUT2D eigenvalue weighted by Gasteiger charge is 2.21. The molecule has 0 spiro atoms. The van der Waals surface area contributed by atoms with Crippen molar-refractivity contribution in [3.05, 3.63) is 36.0 Å². The molecule has 7 heteroatoms. The quantitative estimate of drug-likeness (QED) is 0.801. The number of methoxy groups -OCH3 is 1. The van der Waals surface area contributed by atoms with Gasteiger partial charge in [0.15, 0.2) is 0 Å². The molecule has 2 aromatic rings. The molecule has 1 saturated heterocycles. The fourth-order valence-electron chi connectivity index (χ4n) is 3.23. The lowest BCUT2D eigenvalue weighted by atomic mass is 10.2. The lowest BCUT2D eigenvalue weighted by molar-refractivity contribution is 0.413. The minimum absolute atomic E-state index is 0.807. The molecule has 0 atom stereocenters. The molecule has 7 nitrogen and oxygen atoms in total. The first-order valence-corrected chi connectivity index (χ1v) is 9.44. The Kier molecular flexibility index (Phi) is 6.34. The molecule has 1 aromatic carbocycles. The number of anilines is 3. The Morgan fingerprint density at radius 1 is 1.07 bits per heavy atom. The van der Waals surface area contributed by atoms with Crippen LogP contribution in [-0.2, 0) is 0 Å². The summed E-state index contributed by atoms with van der Waals surface area (Å²) in [6.45, 7) is 7.47. The Morgan fingerprint density at radius 2 is 1.78 bits per heavy atom. The van der Waals surface area contributed by atoms with Gasteiger partial charge in [-0.2, -0.15) is 4.98 Å². The number of aromatic nitrogens is 2. The average Bonchev–Trinajstić information content (AvgIpc) is 2.67. The highest BCUT2D eigenvalue weighted by atomic mass is 16.5. The minimum atomic E-state index is 0.807. The van der Waals surface area contributed by atoms with E-state index in [1.807, 2.05) is 25.1 Å². The van der Waals surface area contributed by atoms with Gasteiger partial charge in [-0.25, -0.2) is 4.98 Å². The van der Waals surface area contributed by atoms with Crippen molar-refractivity contribution in [1.82, 2.24) is 14.9 Å². The van der Waals surface area contributed by atoms with Crippen LogP contribution in [0.1, 0.15) is 5.69 Å². The maximum atomic E-state index is 5.50. The highest BCUT2D eigenvalue weighted by Crippen LogP contribution is 2.28. The van der Waals surface area contributed by atoms with Crippen LogP contribution in [0.25, 0.3) is 0 Å². The van der Waals surface area contributed by atoms with Gasteiger partial charge in [-0.1, -0.05) is 12.1 Å². The first-order chi connectivity index (χ1) is 13.1. The fraction of sp³-hybridized carbons (Fsp3) is 0.500. The summed E-state index contributed by atoms with van der Waals surface area (Å²) in [5.74, 6) is 2.62. The summed E-state index contributed by atoms with van der Waals surface area (Å²) >= 11 is 0. The van der Waals surface area contributed by atoms with E-state index in [9.17, 15) is 0 Å². The number of para-hydroxylation sites is 2. The number of hydrogen-bond donors (Lipinski definition) is 1. The van der Waals surface area contributed by atoms with E-state index in [-0.39, 0.29) is 0 Å². The van der Waals surface area contributed by atoms with Crippen LogP contribution in [0.3, 0.4) is 0 Å². The van der Waals surface area contributed by atoms with Crippen LogP contribution < -0.4 is 19.9 Å². The van der Waals surface area contributed by atoms with Crippen molar-refractivity contribution < 1.29 is 4.74 Å². The van der Waals surface area contributed by atoms with Crippen molar-refractivity contribution in [1.29, 1.82) is 0 Å². The third kappa shape index (κ3) is 5.01. The van der Waals surface area contributed by atoms with Crippen molar-refractivity contribution >= 4 is 17.5 Å². The molecule has 2 heterocycles. The third-order valence-electron chi connectivity index (χ3n) is 4.70. The van der Waals surface area contributed by atoms with Gasteiger partial charge in [-0.05, 0) is 33.2 Å². The van der Waals surface area contributed by atoms with Crippen LogP contribution >= 0.6 is 0 Å². The van der Waals surface area contributed by atoms with Crippen molar-refractivity contribution in [3.8, 4) is 5.75 Å². The zero-order chi connectivity index (χ0) is 19.2. The molecular weight excluding hydrogens is 340 g/mol. The monoisotopic (exact) mass is 370 g/mol. The minimum Gasteiger partial charge on any atom is -0.495 e.